The summed E-state index contributed by atoms with van der Waals surface area (Å²) in [5, 5.41) is 12.3. The second kappa shape index (κ2) is 5.85. The fourth-order valence-electron chi connectivity index (χ4n) is 1.45. The molecule has 1 rings (SSSR count). The average molecular weight is 294 g/mol. The summed E-state index contributed by atoms with van der Waals surface area (Å²) in [4.78, 5) is 20.9. The van der Waals surface area contributed by atoms with E-state index in [1.807, 2.05) is 0 Å². The zero-order valence-corrected chi connectivity index (χ0v) is 10.2. The number of amides is 1. The molecule has 0 spiro atoms. The van der Waals surface area contributed by atoms with Gasteiger partial charge >= 0.3 is 12.3 Å². The molecule has 5 nitrogen and oxygen atoms in total. The molecule has 0 bridgehead atoms. The Morgan fingerprint density at radius 2 is 2.05 bits per heavy atom. The molecule has 0 heterocycles. The summed E-state index contributed by atoms with van der Waals surface area (Å²) >= 11 is 0. The summed E-state index contributed by atoms with van der Waals surface area (Å²) in [6.07, 6.45) is -4.12. The lowest BCUT2D eigenvalue weighted by Crippen LogP contribution is -2.44. The van der Waals surface area contributed by atoms with Gasteiger partial charge in [0.05, 0.1) is 4.92 Å². The smallest absolute Gasteiger partial charge is 0.347 e. The minimum atomic E-state index is -4.80. The molecule has 0 aliphatic heterocycles. The predicted octanol–water partition coefficient (Wildman–Crippen LogP) is 2.42. The van der Waals surface area contributed by atoms with Crippen molar-refractivity contribution in [2.24, 2.45) is 0 Å². The van der Waals surface area contributed by atoms with Gasteiger partial charge in [0.1, 0.15) is 0 Å². The molecule has 9 heteroatoms. The third-order valence-electron chi connectivity index (χ3n) is 2.63. The fourth-order valence-corrected chi connectivity index (χ4v) is 1.45. The van der Waals surface area contributed by atoms with E-state index in [2.05, 4.69) is 0 Å². The minimum absolute atomic E-state index is 0.165. The van der Waals surface area contributed by atoms with Crippen molar-refractivity contribution in [3.8, 4) is 0 Å². The van der Waals surface area contributed by atoms with E-state index in [1.165, 1.54) is 25.1 Å². The monoisotopic (exact) mass is 294 g/mol. The van der Waals surface area contributed by atoms with E-state index in [4.69, 9.17) is 0 Å². The van der Waals surface area contributed by atoms with Crippen LogP contribution in [0.2, 0.25) is 0 Å². The van der Waals surface area contributed by atoms with Crippen molar-refractivity contribution in [2.75, 3.05) is 0 Å². The van der Waals surface area contributed by atoms with E-state index < -0.39 is 29.7 Å². The Kier molecular flexibility index (Phi) is 4.64. The molecule has 20 heavy (non-hydrogen) atoms. The molecule has 0 aliphatic rings. The van der Waals surface area contributed by atoms with Crippen molar-refractivity contribution < 1.29 is 27.3 Å². The van der Waals surface area contributed by atoms with Crippen molar-refractivity contribution in [3.63, 3.8) is 0 Å². The highest BCUT2D eigenvalue weighted by Gasteiger charge is 2.48. The van der Waals surface area contributed by atoms with E-state index in [1.54, 1.807) is 5.32 Å². The van der Waals surface area contributed by atoms with Crippen LogP contribution in [0, 0.1) is 17.0 Å². The van der Waals surface area contributed by atoms with Gasteiger partial charge in [0.2, 0.25) is 0 Å². The summed E-state index contributed by atoms with van der Waals surface area (Å²) in [6, 6.07) is 3.87. The van der Waals surface area contributed by atoms with Crippen LogP contribution in [0.4, 0.5) is 23.2 Å². The van der Waals surface area contributed by atoms with Gasteiger partial charge in [0.15, 0.2) is 0 Å². The Morgan fingerprint density at radius 1 is 1.45 bits per heavy atom. The number of halogens is 4. The van der Waals surface area contributed by atoms with Crippen LogP contribution in [0.25, 0.3) is 0 Å². The molecular formula is C11H10F4N2O3. The van der Waals surface area contributed by atoms with Crippen LogP contribution in [0.5, 0.6) is 0 Å². The third kappa shape index (κ3) is 3.22. The Hall–Kier alpha value is -2.19. The van der Waals surface area contributed by atoms with Crippen molar-refractivity contribution >= 4 is 11.6 Å². The first kappa shape index (κ1) is 15.9. The maximum absolute atomic E-state index is 12.7. The molecule has 110 valence electrons. The van der Waals surface area contributed by atoms with Crippen LogP contribution in [-0.2, 0) is 11.3 Å². The van der Waals surface area contributed by atoms with Gasteiger partial charge in [-0.25, -0.2) is 8.78 Å². The molecule has 0 atom stereocenters. The highest BCUT2D eigenvalue weighted by atomic mass is 19.3. The van der Waals surface area contributed by atoms with Crippen LogP contribution in [0.15, 0.2) is 18.2 Å². The second-order valence-corrected chi connectivity index (χ2v) is 3.92. The van der Waals surface area contributed by atoms with Crippen molar-refractivity contribution in [3.05, 3.63) is 39.4 Å². The summed E-state index contributed by atoms with van der Waals surface area (Å²) in [6.45, 7) is 0.861. The van der Waals surface area contributed by atoms with Crippen molar-refractivity contribution in [1.29, 1.82) is 0 Å². The minimum Gasteiger partial charge on any atom is -0.347 e. The maximum Gasteiger partial charge on any atom is 0.383 e. The largest absolute Gasteiger partial charge is 0.383 e. The lowest BCUT2D eigenvalue weighted by molar-refractivity contribution is -0.385. The fraction of sp³-hybridized carbons (Fsp3) is 0.364. The van der Waals surface area contributed by atoms with Gasteiger partial charge in [0.25, 0.3) is 11.6 Å². The van der Waals surface area contributed by atoms with Gasteiger partial charge in [-0.2, -0.15) is 8.78 Å². The number of nitrogens with zero attached hydrogens (tertiary/aromatic N) is 1. The molecule has 1 N–H and O–H groups in total. The Bertz CT molecular complexity index is 534. The van der Waals surface area contributed by atoms with E-state index >= 15 is 0 Å². The zero-order valence-electron chi connectivity index (χ0n) is 10.2. The Morgan fingerprint density at radius 3 is 2.55 bits per heavy atom. The molecule has 0 fully saturated rings. The van der Waals surface area contributed by atoms with Gasteiger partial charge in [-0.1, -0.05) is 12.1 Å². The number of nitro benzene ring substituents is 1. The summed E-state index contributed by atoms with van der Waals surface area (Å²) in [7, 11) is 0. The van der Waals surface area contributed by atoms with E-state index in [0.717, 1.165) is 0 Å². The van der Waals surface area contributed by atoms with E-state index in [-0.39, 0.29) is 16.8 Å². The molecule has 0 aromatic heterocycles. The molecule has 0 radical (unpaired) electrons. The highest BCUT2D eigenvalue weighted by Crippen LogP contribution is 2.24. The first-order chi connectivity index (χ1) is 9.17. The Balaban J connectivity index is 2.84. The van der Waals surface area contributed by atoms with Crippen LogP contribution in [-0.4, -0.2) is 23.2 Å². The summed E-state index contributed by atoms with van der Waals surface area (Å²) in [5.74, 6) is -6.92. The number of hydrogen-bond acceptors (Lipinski definition) is 3. The molecule has 1 amide bonds. The quantitative estimate of drug-likeness (QED) is 0.515. The van der Waals surface area contributed by atoms with Crippen molar-refractivity contribution in [2.45, 2.75) is 25.8 Å². The molecular weight excluding hydrogens is 284 g/mol. The van der Waals surface area contributed by atoms with Crippen LogP contribution in [0.3, 0.4) is 0 Å². The lowest BCUT2D eigenvalue weighted by Gasteiger charge is -2.15. The number of rotatable bonds is 5. The van der Waals surface area contributed by atoms with Crippen LogP contribution in [0.1, 0.15) is 11.1 Å². The van der Waals surface area contributed by atoms with Gasteiger partial charge in [-0.3, -0.25) is 14.9 Å². The molecule has 0 unspecified atom stereocenters. The number of hydrogen-bond donors (Lipinski definition) is 1. The zero-order chi connectivity index (χ0) is 15.5. The maximum atomic E-state index is 12.7. The standard InChI is InChI=1S/C11H10F4N2O3/c1-6-7(3-2-4-8(6)17(19)20)5-16-10(18)11(14,15)9(12)13/h2-4,9H,5H2,1H3,(H,16,18). The van der Waals surface area contributed by atoms with Crippen molar-refractivity contribution in [1.82, 2.24) is 5.32 Å². The van der Waals surface area contributed by atoms with Crippen LogP contribution >= 0.6 is 0 Å². The lowest BCUT2D eigenvalue weighted by atomic mass is 10.1. The third-order valence-corrected chi connectivity index (χ3v) is 2.63. The topological polar surface area (TPSA) is 72.2 Å². The number of benzene rings is 1. The number of nitrogens with one attached hydrogen (secondary N) is 1. The molecule has 1 aromatic rings. The Labute approximate surface area is 110 Å². The van der Waals surface area contributed by atoms with Gasteiger partial charge in [-0.05, 0) is 12.5 Å². The average Bonchev–Trinajstić information content (AvgIpc) is 2.36. The number of carbonyl (C=O) groups excluding carboxylic acids is 1. The number of nitro groups is 1. The summed E-state index contributed by atoms with van der Waals surface area (Å²) < 4.78 is 49.2. The predicted molar refractivity (Wildman–Crippen MR) is 60.6 cm³/mol. The first-order valence-electron chi connectivity index (χ1n) is 5.35. The van der Waals surface area contributed by atoms with E-state index in [9.17, 15) is 32.5 Å². The van der Waals surface area contributed by atoms with Crippen LogP contribution < -0.4 is 5.32 Å². The van der Waals surface area contributed by atoms with E-state index in [0.29, 0.717) is 0 Å². The molecule has 1 aromatic carbocycles. The molecule has 0 saturated carbocycles. The van der Waals surface area contributed by atoms with Gasteiger partial charge < -0.3 is 5.32 Å². The summed E-state index contributed by atoms with van der Waals surface area (Å²) in [5.41, 5.74) is 0.105. The first-order valence-corrected chi connectivity index (χ1v) is 5.35. The second-order valence-electron chi connectivity index (χ2n) is 3.92. The number of carbonyl (C=O) groups is 1. The van der Waals surface area contributed by atoms with Gasteiger partial charge in [-0.15, -0.1) is 0 Å². The van der Waals surface area contributed by atoms with Gasteiger partial charge in [0, 0.05) is 18.2 Å². The highest BCUT2D eigenvalue weighted by molar-refractivity contribution is 5.83. The SMILES string of the molecule is Cc1c(CNC(=O)C(F)(F)C(F)F)cccc1[N+](=O)[O-]. The number of alkyl halides is 4. The molecule has 0 aliphatic carbocycles. The molecule has 0 saturated heterocycles. The normalized spacial score (nSPS) is 11.5.